The third-order valence-electron chi connectivity index (χ3n) is 2.11. The molecule has 0 spiro atoms. The lowest BCUT2D eigenvalue weighted by Gasteiger charge is -2.17. The number of aromatic nitrogens is 2. The van der Waals surface area contributed by atoms with E-state index in [0.29, 0.717) is 0 Å². The second kappa shape index (κ2) is 4.25. The molecule has 0 bridgehead atoms. The molecule has 0 aliphatic rings. The second-order valence-electron chi connectivity index (χ2n) is 3.84. The SMILES string of the molecule is Cc1cnn(C(C(=O)O)C(C)C)c(=O)c1. The summed E-state index contributed by atoms with van der Waals surface area (Å²) in [6.07, 6.45) is 1.49. The molecule has 5 heteroatoms. The molecule has 0 amide bonds. The first-order valence-corrected chi connectivity index (χ1v) is 4.71. The van der Waals surface area contributed by atoms with Gasteiger partial charge in [-0.05, 0) is 18.4 Å². The highest BCUT2D eigenvalue weighted by Crippen LogP contribution is 2.14. The highest BCUT2D eigenvalue weighted by Gasteiger charge is 2.25. The molecular weight excluding hydrogens is 196 g/mol. The molecule has 15 heavy (non-hydrogen) atoms. The smallest absolute Gasteiger partial charge is 0.328 e. The number of carbonyl (C=O) groups is 1. The van der Waals surface area contributed by atoms with Crippen molar-refractivity contribution in [2.75, 3.05) is 0 Å². The van der Waals surface area contributed by atoms with Gasteiger partial charge in [-0.3, -0.25) is 4.79 Å². The summed E-state index contributed by atoms with van der Waals surface area (Å²) in [6, 6.07) is 0.476. The molecule has 0 saturated carbocycles. The Kier molecular flexibility index (Phi) is 3.24. The molecule has 1 aromatic heterocycles. The summed E-state index contributed by atoms with van der Waals surface area (Å²) >= 11 is 0. The lowest BCUT2D eigenvalue weighted by molar-refractivity contribution is -0.142. The zero-order chi connectivity index (χ0) is 11.6. The number of carboxylic acid groups (broad SMARTS) is 1. The molecule has 82 valence electrons. The Morgan fingerprint density at radius 2 is 2.13 bits per heavy atom. The van der Waals surface area contributed by atoms with Crippen molar-refractivity contribution in [2.24, 2.45) is 5.92 Å². The highest BCUT2D eigenvalue weighted by atomic mass is 16.4. The normalized spacial score (nSPS) is 12.8. The number of aryl methyl sites for hydroxylation is 1. The van der Waals surface area contributed by atoms with Crippen molar-refractivity contribution in [2.45, 2.75) is 26.8 Å². The first kappa shape index (κ1) is 11.4. The van der Waals surface area contributed by atoms with Gasteiger partial charge in [-0.1, -0.05) is 13.8 Å². The van der Waals surface area contributed by atoms with Crippen molar-refractivity contribution >= 4 is 5.97 Å². The zero-order valence-corrected chi connectivity index (χ0v) is 8.97. The number of rotatable bonds is 3. The van der Waals surface area contributed by atoms with E-state index in [1.165, 1.54) is 12.3 Å². The Labute approximate surface area is 87.4 Å². The van der Waals surface area contributed by atoms with Gasteiger partial charge in [-0.25, -0.2) is 9.48 Å². The van der Waals surface area contributed by atoms with Crippen molar-refractivity contribution in [3.8, 4) is 0 Å². The van der Waals surface area contributed by atoms with E-state index in [9.17, 15) is 9.59 Å². The van der Waals surface area contributed by atoms with Gasteiger partial charge in [0.05, 0.1) is 6.20 Å². The van der Waals surface area contributed by atoms with Crippen LogP contribution in [0.15, 0.2) is 17.1 Å². The summed E-state index contributed by atoms with van der Waals surface area (Å²) < 4.78 is 1.01. The Hall–Kier alpha value is -1.65. The Morgan fingerprint density at radius 3 is 2.53 bits per heavy atom. The molecule has 0 aliphatic carbocycles. The zero-order valence-electron chi connectivity index (χ0n) is 8.97. The van der Waals surface area contributed by atoms with E-state index in [4.69, 9.17) is 5.11 Å². The topological polar surface area (TPSA) is 72.2 Å². The first-order chi connectivity index (χ1) is 6.93. The maximum atomic E-state index is 11.5. The van der Waals surface area contributed by atoms with Crippen molar-refractivity contribution in [3.63, 3.8) is 0 Å². The van der Waals surface area contributed by atoms with Crippen LogP contribution in [0.1, 0.15) is 25.5 Å². The van der Waals surface area contributed by atoms with Gasteiger partial charge in [-0.15, -0.1) is 0 Å². The molecule has 1 N–H and O–H groups in total. The van der Waals surface area contributed by atoms with Crippen LogP contribution >= 0.6 is 0 Å². The lowest BCUT2D eigenvalue weighted by Crippen LogP contribution is -2.34. The monoisotopic (exact) mass is 210 g/mol. The third-order valence-corrected chi connectivity index (χ3v) is 2.11. The Bertz CT molecular complexity index is 423. The molecule has 1 rings (SSSR count). The molecule has 0 fully saturated rings. The van der Waals surface area contributed by atoms with Crippen LogP contribution in [0.4, 0.5) is 0 Å². The van der Waals surface area contributed by atoms with E-state index < -0.39 is 12.0 Å². The van der Waals surface area contributed by atoms with E-state index in [1.54, 1.807) is 20.8 Å². The Morgan fingerprint density at radius 1 is 1.53 bits per heavy atom. The van der Waals surface area contributed by atoms with Gasteiger partial charge in [0.2, 0.25) is 0 Å². The molecule has 1 aromatic rings. The van der Waals surface area contributed by atoms with Crippen LogP contribution in [0.25, 0.3) is 0 Å². The molecule has 0 radical (unpaired) electrons. The second-order valence-corrected chi connectivity index (χ2v) is 3.84. The van der Waals surface area contributed by atoms with Crippen LogP contribution < -0.4 is 5.56 Å². The summed E-state index contributed by atoms with van der Waals surface area (Å²) in [6.45, 7) is 5.23. The van der Waals surface area contributed by atoms with Gasteiger partial charge in [0.1, 0.15) is 0 Å². The van der Waals surface area contributed by atoms with Crippen LogP contribution in [0, 0.1) is 12.8 Å². The fourth-order valence-electron chi connectivity index (χ4n) is 1.39. The summed E-state index contributed by atoms with van der Waals surface area (Å²) in [5.74, 6) is -1.22. The lowest BCUT2D eigenvalue weighted by atomic mass is 10.1. The summed E-state index contributed by atoms with van der Waals surface area (Å²) in [4.78, 5) is 22.5. The summed E-state index contributed by atoms with van der Waals surface area (Å²) in [7, 11) is 0. The van der Waals surface area contributed by atoms with Gasteiger partial charge >= 0.3 is 5.97 Å². The maximum absolute atomic E-state index is 11.5. The molecular formula is C10H14N2O3. The molecule has 0 aliphatic heterocycles. The van der Waals surface area contributed by atoms with Gasteiger partial charge in [0, 0.05) is 6.07 Å². The fourth-order valence-corrected chi connectivity index (χ4v) is 1.39. The molecule has 0 saturated heterocycles. The molecule has 1 unspecified atom stereocenters. The van der Waals surface area contributed by atoms with Crippen molar-refractivity contribution in [3.05, 3.63) is 28.2 Å². The summed E-state index contributed by atoms with van der Waals surface area (Å²) in [5.41, 5.74) is 0.347. The molecule has 1 atom stereocenters. The van der Waals surface area contributed by atoms with Crippen LogP contribution in [-0.4, -0.2) is 20.9 Å². The molecule has 1 heterocycles. The van der Waals surface area contributed by atoms with E-state index in [-0.39, 0.29) is 11.5 Å². The van der Waals surface area contributed by atoms with Crippen molar-refractivity contribution < 1.29 is 9.90 Å². The third kappa shape index (κ3) is 2.43. The standard InChI is InChI=1S/C10H14N2O3/c1-6(2)9(10(14)15)12-8(13)4-7(3)5-11-12/h4-6,9H,1-3H3,(H,14,15). The minimum atomic E-state index is -1.04. The molecule has 0 aromatic carbocycles. The summed E-state index contributed by atoms with van der Waals surface area (Å²) in [5, 5.41) is 12.8. The minimum Gasteiger partial charge on any atom is -0.480 e. The average Bonchev–Trinajstić information content (AvgIpc) is 2.08. The minimum absolute atomic E-state index is 0.185. The number of nitrogens with zero attached hydrogens (tertiary/aromatic N) is 2. The van der Waals surface area contributed by atoms with E-state index in [1.807, 2.05) is 0 Å². The van der Waals surface area contributed by atoms with E-state index in [2.05, 4.69) is 5.10 Å². The predicted molar refractivity (Wildman–Crippen MR) is 54.7 cm³/mol. The quantitative estimate of drug-likeness (QED) is 0.802. The number of hydrogen-bond donors (Lipinski definition) is 1. The predicted octanol–water partition coefficient (Wildman–Crippen LogP) is 0.833. The van der Waals surface area contributed by atoms with Gasteiger partial charge in [0.15, 0.2) is 6.04 Å². The van der Waals surface area contributed by atoms with Gasteiger partial charge in [-0.2, -0.15) is 5.10 Å². The van der Waals surface area contributed by atoms with Crippen molar-refractivity contribution in [1.82, 2.24) is 9.78 Å². The number of aliphatic carboxylic acids is 1. The maximum Gasteiger partial charge on any atom is 0.328 e. The van der Waals surface area contributed by atoms with E-state index >= 15 is 0 Å². The van der Waals surface area contributed by atoms with Crippen LogP contribution in [0.2, 0.25) is 0 Å². The number of carboxylic acids is 1. The highest BCUT2D eigenvalue weighted by molar-refractivity contribution is 5.71. The largest absolute Gasteiger partial charge is 0.480 e. The average molecular weight is 210 g/mol. The van der Waals surface area contributed by atoms with Crippen LogP contribution in [0.3, 0.4) is 0 Å². The van der Waals surface area contributed by atoms with Gasteiger partial charge < -0.3 is 5.11 Å². The fraction of sp³-hybridized carbons (Fsp3) is 0.500. The van der Waals surface area contributed by atoms with Crippen LogP contribution in [0.5, 0.6) is 0 Å². The van der Waals surface area contributed by atoms with Crippen LogP contribution in [-0.2, 0) is 4.79 Å². The first-order valence-electron chi connectivity index (χ1n) is 4.71. The van der Waals surface area contributed by atoms with E-state index in [0.717, 1.165) is 10.2 Å². The Balaban J connectivity index is 3.24. The van der Waals surface area contributed by atoms with Gasteiger partial charge in [0.25, 0.3) is 5.56 Å². The van der Waals surface area contributed by atoms with Crippen molar-refractivity contribution in [1.29, 1.82) is 0 Å². The molecule has 5 nitrogen and oxygen atoms in total. The number of hydrogen-bond acceptors (Lipinski definition) is 3.